The third kappa shape index (κ3) is 2.90. The maximum atomic E-state index is 13.2. The van der Waals surface area contributed by atoms with Crippen molar-refractivity contribution in [2.45, 2.75) is 5.38 Å². The molecule has 0 aliphatic carbocycles. The minimum Gasteiger partial charge on any atom is -0.204 e. The average Bonchev–Trinajstić information content (AvgIpc) is 2.63. The van der Waals surface area contributed by atoms with Crippen LogP contribution in [0, 0.1) is 11.6 Å². The quantitative estimate of drug-likeness (QED) is 0.370. The van der Waals surface area contributed by atoms with Gasteiger partial charge in [-0.2, -0.15) is 0 Å². The summed E-state index contributed by atoms with van der Waals surface area (Å²) in [5, 5.41) is -0.519. The van der Waals surface area contributed by atoms with Gasteiger partial charge in [0.15, 0.2) is 11.6 Å². The van der Waals surface area contributed by atoms with E-state index in [2.05, 4.69) is 31.9 Å². The maximum Gasteiger partial charge on any atom is 0.160 e. The van der Waals surface area contributed by atoms with Crippen molar-refractivity contribution in [1.82, 2.24) is 0 Å². The molecule has 0 saturated carbocycles. The summed E-state index contributed by atoms with van der Waals surface area (Å²) < 4.78 is 27.9. The Morgan fingerprint density at radius 3 is 2.28 bits per heavy atom. The van der Waals surface area contributed by atoms with E-state index in [4.69, 9.17) is 23.2 Å². The molecule has 7 heteroatoms. The second kappa shape index (κ2) is 5.75. The minimum absolute atomic E-state index is 0.106. The fraction of sp³-hybridized carbons (Fsp3) is 0.0909. The van der Waals surface area contributed by atoms with Crippen molar-refractivity contribution >= 4 is 66.4 Å². The van der Waals surface area contributed by atoms with E-state index in [1.165, 1.54) is 11.3 Å². The SMILES string of the molecule is Fc1cc(Cl)c(C(Cl)c2cc(Br)c(Br)s2)cc1F. The molecule has 96 valence electrons. The van der Waals surface area contributed by atoms with Gasteiger partial charge in [-0.1, -0.05) is 11.6 Å². The molecule has 1 heterocycles. The van der Waals surface area contributed by atoms with E-state index < -0.39 is 17.0 Å². The number of hydrogen-bond donors (Lipinski definition) is 0. The van der Waals surface area contributed by atoms with Crippen molar-refractivity contribution in [2.24, 2.45) is 0 Å². The van der Waals surface area contributed by atoms with Crippen LogP contribution in [0.25, 0.3) is 0 Å². The van der Waals surface area contributed by atoms with Crippen LogP contribution in [0.15, 0.2) is 26.5 Å². The monoisotopic (exact) mass is 434 g/mol. The lowest BCUT2D eigenvalue weighted by Crippen LogP contribution is -1.95. The summed E-state index contributed by atoms with van der Waals surface area (Å²) in [6, 6.07) is 3.76. The van der Waals surface area contributed by atoms with Crippen LogP contribution in [0.3, 0.4) is 0 Å². The van der Waals surface area contributed by atoms with Gasteiger partial charge in [0.2, 0.25) is 0 Å². The zero-order valence-corrected chi connectivity index (χ0v) is 14.0. The van der Waals surface area contributed by atoms with Crippen LogP contribution >= 0.6 is 66.4 Å². The third-order valence-electron chi connectivity index (χ3n) is 2.23. The van der Waals surface area contributed by atoms with Gasteiger partial charge in [0.1, 0.15) is 0 Å². The van der Waals surface area contributed by atoms with Crippen molar-refractivity contribution in [3.63, 3.8) is 0 Å². The van der Waals surface area contributed by atoms with Crippen molar-refractivity contribution in [1.29, 1.82) is 0 Å². The van der Waals surface area contributed by atoms with Crippen LogP contribution in [0.1, 0.15) is 15.8 Å². The second-order valence-corrected chi connectivity index (χ2v) is 7.52. The summed E-state index contributed by atoms with van der Waals surface area (Å²) in [5.74, 6) is -1.95. The molecule has 0 fully saturated rings. The van der Waals surface area contributed by atoms with Crippen LogP contribution < -0.4 is 0 Å². The Bertz CT molecular complexity index is 581. The first-order valence-electron chi connectivity index (χ1n) is 4.63. The molecule has 1 atom stereocenters. The molecule has 18 heavy (non-hydrogen) atoms. The van der Waals surface area contributed by atoms with Gasteiger partial charge in [-0.3, -0.25) is 0 Å². The second-order valence-electron chi connectivity index (χ2n) is 3.42. The molecule has 0 saturated heterocycles. The zero-order chi connectivity index (χ0) is 13.4. The summed E-state index contributed by atoms with van der Waals surface area (Å²) in [5.41, 5.74) is 0.346. The number of halogens is 6. The summed E-state index contributed by atoms with van der Waals surface area (Å²) in [6.45, 7) is 0. The molecule has 0 nitrogen and oxygen atoms in total. The minimum atomic E-state index is -0.985. The third-order valence-corrected chi connectivity index (χ3v) is 6.47. The van der Waals surface area contributed by atoms with Crippen LogP contribution in [-0.4, -0.2) is 0 Å². The molecule has 2 aromatic rings. The highest BCUT2D eigenvalue weighted by Crippen LogP contribution is 2.42. The number of rotatable bonds is 2. The van der Waals surface area contributed by atoms with Crippen LogP contribution in [0.4, 0.5) is 8.78 Å². The predicted octanol–water partition coefficient (Wildman–Crippen LogP) is 6.53. The first-order chi connectivity index (χ1) is 8.40. The number of alkyl halides is 1. The van der Waals surface area contributed by atoms with Gasteiger partial charge in [0, 0.05) is 14.4 Å². The van der Waals surface area contributed by atoms with Gasteiger partial charge in [-0.15, -0.1) is 22.9 Å². The molecule has 1 unspecified atom stereocenters. The van der Waals surface area contributed by atoms with Gasteiger partial charge in [-0.25, -0.2) is 8.78 Å². The highest BCUT2D eigenvalue weighted by molar-refractivity contribution is 9.13. The molecule has 0 bridgehead atoms. The molecule has 2 rings (SSSR count). The Hall–Kier alpha value is 0.320. The average molecular weight is 437 g/mol. The van der Waals surface area contributed by atoms with E-state index in [0.717, 1.165) is 25.3 Å². The Kier molecular flexibility index (Phi) is 4.70. The molecule has 0 radical (unpaired) electrons. The van der Waals surface area contributed by atoms with Crippen molar-refractivity contribution in [3.05, 3.63) is 53.6 Å². The summed E-state index contributed by atoms with van der Waals surface area (Å²) in [4.78, 5) is 0.781. The zero-order valence-electron chi connectivity index (χ0n) is 8.49. The lowest BCUT2D eigenvalue weighted by molar-refractivity contribution is 0.507. The van der Waals surface area contributed by atoms with E-state index >= 15 is 0 Å². The number of benzene rings is 1. The summed E-state index contributed by atoms with van der Waals surface area (Å²) in [6.07, 6.45) is 0. The summed E-state index contributed by atoms with van der Waals surface area (Å²) in [7, 11) is 0. The first kappa shape index (κ1) is 14.7. The highest BCUT2D eigenvalue weighted by Gasteiger charge is 2.20. The van der Waals surface area contributed by atoms with Crippen molar-refractivity contribution < 1.29 is 8.78 Å². The fourth-order valence-corrected chi connectivity index (χ4v) is 4.15. The normalized spacial score (nSPS) is 12.8. The Morgan fingerprint density at radius 2 is 1.72 bits per heavy atom. The molecule has 0 N–H and O–H groups in total. The predicted molar refractivity (Wildman–Crippen MR) is 78.8 cm³/mol. The van der Waals surface area contributed by atoms with E-state index in [-0.39, 0.29) is 5.02 Å². The fourth-order valence-electron chi connectivity index (χ4n) is 1.37. The molecule has 0 amide bonds. The van der Waals surface area contributed by atoms with E-state index in [9.17, 15) is 8.78 Å². The smallest absolute Gasteiger partial charge is 0.160 e. The molecular weight excluding hydrogens is 433 g/mol. The van der Waals surface area contributed by atoms with Gasteiger partial charge >= 0.3 is 0 Å². The molecule has 1 aromatic heterocycles. The van der Waals surface area contributed by atoms with E-state index in [0.29, 0.717) is 5.56 Å². The van der Waals surface area contributed by atoms with Gasteiger partial charge in [0.05, 0.1) is 9.16 Å². The number of thiophene rings is 1. The summed E-state index contributed by atoms with van der Waals surface area (Å²) >= 11 is 20.2. The van der Waals surface area contributed by atoms with Crippen LogP contribution in [0.5, 0.6) is 0 Å². The molecule has 1 aromatic carbocycles. The van der Waals surface area contributed by atoms with Gasteiger partial charge in [0.25, 0.3) is 0 Å². The first-order valence-corrected chi connectivity index (χ1v) is 7.85. The number of hydrogen-bond acceptors (Lipinski definition) is 1. The lowest BCUT2D eigenvalue weighted by Gasteiger charge is -2.10. The Morgan fingerprint density at radius 1 is 1.11 bits per heavy atom. The Labute approximate surface area is 133 Å². The van der Waals surface area contributed by atoms with Crippen molar-refractivity contribution in [2.75, 3.05) is 0 Å². The molecule has 0 spiro atoms. The largest absolute Gasteiger partial charge is 0.204 e. The topological polar surface area (TPSA) is 0 Å². The van der Waals surface area contributed by atoms with Crippen LogP contribution in [0.2, 0.25) is 5.02 Å². The van der Waals surface area contributed by atoms with Gasteiger partial charge < -0.3 is 0 Å². The van der Waals surface area contributed by atoms with Gasteiger partial charge in [-0.05, 0) is 55.6 Å². The maximum absolute atomic E-state index is 13.2. The molecular formula is C11H4Br2Cl2F2S. The molecule has 0 aliphatic rings. The molecule has 0 aliphatic heterocycles. The lowest BCUT2D eigenvalue weighted by atomic mass is 10.1. The standard InChI is InChI=1S/C11H4Br2Cl2F2S/c12-5-2-9(18-11(5)13)10(15)4-1-7(16)8(17)3-6(4)14/h1-3,10H. The highest BCUT2D eigenvalue weighted by atomic mass is 79.9. The van der Waals surface area contributed by atoms with Crippen LogP contribution in [-0.2, 0) is 0 Å². The van der Waals surface area contributed by atoms with E-state index in [1.54, 1.807) is 0 Å². The Balaban J connectivity index is 2.45. The van der Waals surface area contributed by atoms with E-state index in [1.807, 2.05) is 6.07 Å². The van der Waals surface area contributed by atoms with Crippen molar-refractivity contribution in [3.8, 4) is 0 Å².